The van der Waals surface area contributed by atoms with Gasteiger partial charge in [0.1, 0.15) is 11.4 Å². The average molecular weight is 306 g/mol. The standard InChI is InChI=1S/C17H26N2O3/c1-7-9-13(8-2)18-14-10-12(11-15(19-14)21-6)16(20)22-17(3,4)5/h7,10-11,13H,1,8-9H2,2-6H3,(H,18,19). The molecule has 1 rings (SSSR count). The normalized spacial score (nSPS) is 12.4. The Labute approximate surface area is 132 Å². The number of methoxy groups -OCH3 is 1. The Bertz CT molecular complexity index is 521. The minimum Gasteiger partial charge on any atom is -0.481 e. The molecule has 1 unspecified atom stereocenters. The minimum atomic E-state index is -0.546. The molecular formula is C17H26N2O3. The number of ether oxygens (including phenoxy) is 2. The molecule has 122 valence electrons. The van der Waals surface area contributed by atoms with Gasteiger partial charge in [-0.1, -0.05) is 13.0 Å². The third-order valence-electron chi connectivity index (χ3n) is 2.94. The summed E-state index contributed by atoms with van der Waals surface area (Å²) >= 11 is 0. The molecule has 1 aromatic rings. The highest BCUT2D eigenvalue weighted by Gasteiger charge is 2.20. The van der Waals surface area contributed by atoms with E-state index in [9.17, 15) is 4.79 Å². The second-order valence-electron chi connectivity index (χ2n) is 6.06. The molecule has 1 atom stereocenters. The highest BCUT2D eigenvalue weighted by molar-refractivity contribution is 5.90. The van der Waals surface area contributed by atoms with Crippen molar-refractivity contribution in [3.63, 3.8) is 0 Å². The summed E-state index contributed by atoms with van der Waals surface area (Å²) in [6, 6.07) is 3.47. The van der Waals surface area contributed by atoms with Crippen LogP contribution in [0.5, 0.6) is 5.88 Å². The van der Waals surface area contributed by atoms with Crippen LogP contribution in [0.2, 0.25) is 0 Å². The summed E-state index contributed by atoms with van der Waals surface area (Å²) in [6.07, 6.45) is 3.60. The lowest BCUT2D eigenvalue weighted by molar-refractivity contribution is 0.00690. The van der Waals surface area contributed by atoms with Crippen molar-refractivity contribution in [3.8, 4) is 5.88 Å². The second-order valence-corrected chi connectivity index (χ2v) is 6.06. The molecule has 5 nitrogen and oxygen atoms in total. The molecule has 0 radical (unpaired) electrons. The Kier molecular flexibility index (Phi) is 6.40. The van der Waals surface area contributed by atoms with Gasteiger partial charge in [-0.2, -0.15) is 4.98 Å². The first-order chi connectivity index (χ1) is 10.3. The van der Waals surface area contributed by atoms with Crippen molar-refractivity contribution in [3.05, 3.63) is 30.4 Å². The maximum atomic E-state index is 12.2. The maximum Gasteiger partial charge on any atom is 0.338 e. The Morgan fingerprint density at radius 1 is 1.45 bits per heavy atom. The topological polar surface area (TPSA) is 60.5 Å². The maximum absolute atomic E-state index is 12.2. The van der Waals surface area contributed by atoms with Crippen molar-refractivity contribution in [1.29, 1.82) is 0 Å². The number of nitrogens with zero attached hydrogens (tertiary/aromatic N) is 1. The SMILES string of the molecule is C=CCC(CC)Nc1cc(C(=O)OC(C)(C)C)cc(OC)n1. The van der Waals surface area contributed by atoms with Gasteiger partial charge < -0.3 is 14.8 Å². The summed E-state index contributed by atoms with van der Waals surface area (Å²) < 4.78 is 10.6. The van der Waals surface area contributed by atoms with E-state index >= 15 is 0 Å². The third kappa shape index (κ3) is 5.76. The Morgan fingerprint density at radius 2 is 2.14 bits per heavy atom. The minimum absolute atomic E-state index is 0.212. The Balaban J connectivity index is 3.02. The van der Waals surface area contributed by atoms with Crippen LogP contribution in [0.1, 0.15) is 50.9 Å². The van der Waals surface area contributed by atoms with Crippen molar-refractivity contribution in [2.24, 2.45) is 0 Å². The molecular weight excluding hydrogens is 280 g/mol. The van der Waals surface area contributed by atoms with E-state index < -0.39 is 11.6 Å². The molecule has 1 aromatic heterocycles. The van der Waals surface area contributed by atoms with Crippen LogP contribution >= 0.6 is 0 Å². The lowest BCUT2D eigenvalue weighted by atomic mass is 10.1. The Hall–Kier alpha value is -2.04. The van der Waals surface area contributed by atoms with Crippen molar-refractivity contribution >= 4 is 11.8 Å². The first-order valence-corrected chi connectivity index (χ1v) is 7.46. The van der Waals surface area contributed by atoms with Crippen LogP contribution in [-0.4, -0.2) is 29.7 Å². The predicted octanol–water partition coefficient (Wildman–Crippen LogP) is 3.81. The molecule has 0 bridgehead atoms. The Morgan fingerprint density at radius 3 is 2.64 bits per heavy atom. The first-order valence-electron chi connectivity index (χ1n) is 7.46. The fourth-order valence-electron chi connectivity index (χ4n) is 1.88. The molecule has 0 spiro atoms. The van der Waals surface area contributed by atoms with Gasteiger partial charge in [-0.15, -0.1) is 6.58 Å². The second kappa shape index (κ2) is 7.82. The van der Waals surface area contributed by atoms with Crippen molar-refractivity contribution in [2.45, 2.75) is 52.2 Å². The molecule has 1 N–H and O–H groups in total. The molecule has 0 saturated heterocycles. The highest BCUT2D eigenvalue weighted by Crippen LogP contribution is 2.20. The van der Waals surface area contributed by atoms with Crippen LogP contribution in [-0.2, 0) is 4.74 Å². The van der Waals surface area contributed by atoms with Gasteiger partial charge in [0.25, 0.3) is 0 Å². The van der Waals surface area contributed by atoms with Gasteiger partial charge in [0.2, 0.25) is 5.88 Å². The van der Waals surface area contributed by atoms with E-state index in [1.165, 1.54) is 7.11 Å². The van der Waals surface area contributed by atoms with Gasteiger partial charge in [-0.05, 0) is 39.7 Å². The van der Waals surface area contributed by atoms with Crippen LogP contribution in [0.25, 0.3) is 0 Å². The van der Waals surface area contributed by atoms with E-state index in [-0.39, 0.29) is 6.04 Å². The zero-order chi connectivity index (χ0) is 16.8. The monoisotopic (exact) mass is 306 g/mol. The van der Waals surface area contributed by atoms with E-state index in [1.807, 2.05) is 26.8 Å². The number of aromatic nitrogens is 1. The first kappa shape index (κ1) is 18.0. The number of hydrogen-bond donors (Lipinski definition) is 1. The molecule has 0 aromatic carbocycles. The molecule has 0 saturated carbocycles. The van der Waals surface area contributed by atoms with E-state index in [4.69, 9.17) is 9.47 Å². The summed E-state index contributed by atoms with van der Waals surface area (Å²) in [5, 5.41) is 3.29. The van der Waals surface area contributed by atoms with Gasteiger partial charge in [-0.25, -0.2) is 4.79 Å². The summed E-state index contributed by atoms with van der Waals surface area (Å²) in [4.78, 5) is 16.5. The number of rotatable bonds is 7. The van der Waals surface area contributed by atoms with Crippen LogP contribution in [0, 0.1) is 0 Å². The number of nitrogens with one attached hydrogen (secondary N) is 1. The molecule has 0 aliphatic heterocycles. The number of carbonyl (C=O) groups excluding carboxylic acids is 1. The van der Waals surface area contributed by atoms with E-state index in [2.05, 4.69) is 23.8 Å². The quantitative estimate of drug-likeness (QED) is 0.613. The smallest absolute Gasteiger partial charge is 0.338 e. The fraction of sp³-hybridized carbons (Fsp3) is 0.529. The van der Waals surface area contributed by atoms with Crippen molar-refractivity contribution < 1.29 is 14.3 Å². The molecule has 5 heteroatoms. The largest absolute Gasteiger partial charge is 0.481 e. The number of pyridine rings is 1. The van der Waals surface area contributed by atoms with E-state index in [0.29, 0.717) is 17.3 Å². The lowest BCUT2D eigenvalue weighted by Crippen LogP contribution is -2.24. The zero-order valence-electron chi connectivity index (χ0n) is 14.1. The lowest BCUT2D eigenvalue weighted by Gasteiger charge is -2.20. The molecule has 0 aliphatic carbocycles. The van der Waals surface area contributed by atoms with E-state index in [0.717, 1.165) is 12.8 Å². The van der Waals surface area contributed by atoms with Crippen LogP contribution in [0.15, 0.2) is 24.8 Å². The van der Waals surface area contributed by atoms with Crippen LogP contribution < -0.4 is 10.1 Å². The van der Waals surface area contributed by atoms with Crippen molar-refractivity contribution in [1.82, 2.24) is 4.98 Å². The molecule has 0 amide bonds. The van der Waals surface area contributed by atoms with E-state index in [1.54, 1.807) is 12.1 Å². The summed E-state index contributed by atoms with van der Waals surface area (Å²) in [5.41, 5.74) is -0.131. The van der Waals surface area contributed by atoms with Crippen molar-refractivity contribution in [2.75, 3.05) is 12.4 Å². The van der Waals surface area contributed by atoms with Gasteiger partial charge in [0, 0.05) is 12.1 Å². The average Bonchev–Trinajstić information content (AvgIpc) is 2.44. The molecule has 22 heavy (non-hydrogen) atoms. The highest BCUT2D eigenvalue weighted by atomic mass is 16.6. The summed E-state index contributed by atoms with van der Waals surface area (Å²) in [6.45, 7) is 11.3. The van der Waals surface area contributed by atoms with Gasteiger partial charge in [0.05, 0.1) is 12.7 Å². The number of carbonyl (C=O) groups is 1. The predicted molar refractivity (Wildman–Crippen MR) is 88.5 cm³/mol. The van der Waals surface area contributed by atoms with Gasteiger partial charge in [-0.3, -0.25) is 0 Å². The fourth-order valence-corrected chi connectivity index (χ4v) is 1.88. The third-order valence-corrected chi connectivity index (χ3v) is 2.94. The summed E-state index contributed by atoms with van der Waals surface area (Å²) in [7, 11) is 1.52. The summed E-state index contributed by atoms with van der Waals surface area (Å²) in [5.74, 6) is 0.571. The molecule has 1 heterocycles. The van der Waals surface area contributed by atoms with Gasteiger partial charge >= 0.3 is 5.97 Å². The van der Waals surface area contributed by atoms with Crippen LogP contribution in [0.4, 0.5) is 5.82 Å². The number of anilines is 1. The van der Waals surface area contributed by atoms with Crippen LogP contribution in [0.3, 0.4) is 0 Å². The molecule has 0 fully saturated rings. The number of esters is 1. The molecule has 0 aliphatic rings. The van der Waals surface area contributed by atoms with Gasteiger partial charge in [0.15, 0.2) is 0 Å². The number of hydrogen-bond acceptors (Lipinski definition) is 5. The zero-order valence-corrected chi connectivity index (χ0v) is 14.1.